The molecule has 0 spiro atoms. The lowest BCUT2D eigenvalue weighted by molar-refractivity contribution is -0.121. The Morgan fingerprint density at radius 2 is 1.77 bits per heavy atom. The van der Waals surface area contributed by atoms with Crippen molar-refractivity contribution < 1.29 is 14.4 Å². The molecule has 3 amide bonds. The van der Waals surface area contributed by atoms with Crippen LogP contribution in [0.15, 0.2) is 41.8 Å². The molecule has 1 aromatic heterocycles. The van der Waals surface area contributed by atoms with Crippen LogP contribution < -0.4 is 10.6 Å². The minimum absolute atomic E-state index is 0.0408. The van der Waals surface area contributed by atoms with Crippen molar-refractivity contribution in [3.8, 4) is 0 Å². The number of piperidine rings is 1. The molecule has 3 rings (SSSR count). The lowest BCUT2D eigenvalue weighted by Gasteiger charge is -2.31. The van der Waals surface area contributed by atoms with Gasteiger partial charge in [-0.3, -0.25) is 14.4 Å². The summed E-state index contributed by atoms with van der Waals surface area (Å²) in [7, 11) is 1.58. The molecule has 7 heteroatoms. The molecule has 2 heterocycles. The van der Waals surface area contributed by atoms with Gasteiger partial charge in [-0.05, 0) is 48.6 Å². The Morgan fingerprint density at radius 1 is 1.08 bits per heavy atom. The zero-order valence-electron chi connectivity index (χ0n) is 14.5. The molecule has 0 atom stereocenters. The van der Waals surface area contributed by atoms with Crippen LogP contribution in [0.4, 0.5) is 5.69 Å². The van der Waals surface area contributed by atoms with Gasteiger partial charge in [0.1, 0.15) is 0 Å². The summed E-state index contributed by atoms with van der Waals surface area (Å²) >= 11 is 1.44. The highest BCUT2D eigenvalue weighted by Crippen LogP contribution is 2.22. The summed E-state index contributed by atoms with van der Waals surface area (Å²) in [5.74, 6) is -0.267. The lowest BCUT2D eigenvalue weighted by Crippen LogP contribution is -2.41. The Kier molecular flexibility index (Phi) is 5.68. The smallest absolute Gasteiger partial charge is 0.263 e. The van der Waals surface area contributed by atoms with Crippen molar-refractivity contribution in [1.82, 2.24) is 10.2 Å². The van der Waals surface area contributed by atoms with Crippen molar-refractivity contribution in [3.05, 3.63) is 52.2 Å². The normalized spacial score (nSPS) is 14.7. The third-order valence-corrected chi connectivity index (χ3v) is 5.38. The number of amides is 3. The molecule has 1 aliphatic rings. The first-order valence-corrected chi connectivity index (χ1v) is 9.42. The van der Waals surface area contributed by atoms with Crippen LogP contribution in [-0.4, -0.2) is 42.8 Å². The zero-order chi connectivity index (χ0) is 18.5. The van der Waals surface area contributed by atoms with Crippen LogP contribution >= 0.6 is 11.3 Å². The molecule has 1 aliphatic heterocycles. The first kappa shape index (κ1) is 18.1. The summed E-state index contributed by atoms with van der Waals surface area (Å²) in [6, 6.07) is 10.5. The fraction of sp³-hybridized carbons (Fsp3) is 0.316. The lowest BCUT2D eigenvalue weighted by atomic mass is 9.95. The maximum atomic E-state index is 12.5. The van der Waals surface area contributed by atoms with Gasteiger partial charge in [-0.25, -0.2) is 0 Å². The zero-order valence-corrected chi connectivity index (χ0v) is 15.3. The number of thiophene rings is 1. The van der Waals surface area contributed by atoms with Crippen molar-refractivity contribution in [1.29, 1.82) is 0 Å². The van der Waals surface area contributed by atoms with Gasteiger partial charge in [0.2, 0.25) is 5.91 Å². The number of nitrogens with one attached hydrogen (secondary N) is 2. The van der Waals surface area contributed by atoms with E-state index in [1.54, 1.807) is 31.3 Å². The van der Waals surface area contributed by atoms with Crippen molar-refractivity contribution in [2.24, 2.45) is 5.92 Å². The van der Waals surface area contributed by atoms with E-state index in [4.69, 9.17) is 0 Å². The molecule has 0 bridgehead atoms. The first-order chi connectivity index (χ1) is 12.6. The van der Waals surface area contributed by atoms with E-state index in [1.807, 2.05) is 22.4 Å². The average molecular weight is 371 g/mol. The van der Waals surface area contributed by atoms with Gasteiger partial charge in [0.05, 0.1) is 4.88 Å². The van der Waals surface area contributed by atoms with E-state index in [0.717, 1.165) is 4.88 Å². The number of carbonyl (C=O) groups is 3. The Morgan fingerprint density at radius 3 is 2.35 bits per heavy atom. The molecule has 1 saturated heterocycles. The number of rotatable bonds is 4. The predicted octanol–water partition coefficient (Wildman–Crippen LogP) is 2.60. The van der Waals surface area contributed by atoms with E-state index < -0.39 is 0 Å². The van der Waals surface area contributed by atoms with Crippen LogP contribution in [0.3, 0.4) is 0 Å². The number of hydrogen-bond acceptors (Lipinski definition) is 4. The highest BCUT2D eigenvalue weighted by atomic mass is 32.1. The van der Waals surface area contributed by atoms with E-state index in [9.17, 15) is 14.4 Å². The van der Waals surface area contributed by atoms with Gasteiger partial charge < -0.3 is 15.5 Å². The molecular formula is C19H21N3O3S. The standard InChI is InChI=1S/C19H21N3O3S/c1-20-17(23)13-4-6-15(7-5-13)21-18(24)14-8-10-22(11-9-14)19(25)16-3-2-12-26-16/h2-7,12,14H,8-11H2,1H3,(H,20,23)(H,21,24). The van der Waals surface area contributed by atoms with E-state index >= 15 is 0 Å². The number of nitrogens with zero attached hydrogens (tertiary/aromatic N) is 1. The molecule has 2 aromatic rings. The Balaban J connectivity index is 1.52. The topological polar surface area (TPSA) is 78.5 Å². The monoisotopic (exact) mass is 371 g/mol. The van der Waals surface area contributed by atoms with E-state index in [2.05, 4.69) is 10.6 Å². The van der Waals surface area contributed by atoms with Gasteiger partial charge in [-0.1, -0.05) is 6.07 Å². The number of carbonyl (C=O) groups excluding carboxylic acids is 3. The van der Waals surface area contributed by atoms with Crippen LogP contribution in [0.2, 0.25) is 0 Å². The van der Waals surface area contributed by atoms with Gasteiger partial charge in [0.15, 0.2) is 0 Å². The fourth-order valence-corrected chi connectivity index (χ4v) is 3.69. The maximum Gasteiger partial charge on any atom is 0.263 e. The van der Waals surface area contributed by atoms with Crippen LogP contribution in [0.25, 0.3) is 0 Å². The van der Waals surface area contributed by atoms with Crippen molar-refractivity contribution in [2.75, 3.05) is 25.5 Å². The van der Waals surface area contributed by atoms with Gasteiger partial charge in [-0.15, -0.1) is 11.3 Å². The van der Waals surface area contributed by atoms with Crippen molar-refractivity contribution in [3.63, 3.8) is 0 Å². The van der Waals surface area contributed by atoms with Gasteiger partial charge in [-0.2, -0.15) is 0 Å². The van der Waals surface area contributed by atoms with Gasteiger partial charge in [0, 0.05) is 37.3 Å². The molecular weight excluding hydrogens is 350 g/mol. The molecule has 1 fully saturated rings. The maximum absolute atomic E-state index is 12.5. The molecule has 2 N–H and O–H groups in total. The largest absolute Gasteiger partial charge is 0.355 e. The highest BCUT2D eigenvalue weighted by molar-refractivity contribution is 7.12. The van der Waals surface area contributed by atoms with Crippen LogP contribution in [0.5, 0.6) is 0 Å². The fourth-order valence-electron chi connectivity index (χ4n) is 2.99. The minimum Gasteiger partial charge on any atom is -0.355 e. The molecule has 6 nitrogen and oxygen atoms in total. The second-order valence-corrected chi connectivity index (χ2v) is 7.14. The van der Waals surface area contributed by atoms with Crippen molar-refractivity contribution >= 4 is 34.7 Å². The Bertz CT molecular complexity index is 779. The quantitative estimate of drug-likeness (QED) is 0.867. The molecule has 1 aromatic carbocycles. The SMILES string of the molecule is CNC(=O)c1ccc(NC(=O)C2CCN(C(=O)c3cccs3)CC2)cc1. The van der Waals surface area contributed by atoms with Crippen LogP contribution in [-0.2, 0) is 4.79 Å². The average Bonchev–Trinajstić information content (AvgIpc) is 3.22. The van der Waals surface area contributed by atoms with Crippen LogP contribution in [0, 0.1) is 5.92 Å². The predicted molar refractivity (Wildman–Crippen MR) is 101 cm³/mol. The summed E-state index contributed by atoms with van der Waals surface area (Å²) in [6.07, 6.45) is 1.30. The first-order valence-electron chi connectivity index (χ1n) is 8.54. The molecule has 0 saturated carbocycles. The summed E-state index contributed by atoms with van der Waals surface area (Å²) < 4.78 is 0. The molecule has 0 radical (unpaired) electrons. The Labute approximate surface area is 156 Å². The second kappa shape index (κ2) is 8.14. The molecule has 0 aliphatic carbocycles. The summed E-state index contributed by atoms with van der Waals surface area (Å²) in [5.41, 5.74) is 1.21. The molecule has 136 valence electrons. The summed E-state index contributed by atoms with van der Waals surface area (Å²) in [5, 5.41) is 7.35. The summed E-state index contributed by atoms with van der Waals surface area (Å²) in [4.78, 5) is 38.9. The van der Waals surface area contributed by atoms with E-state index in [0.29, 0.717) is 37.2 Å². The number of anilines is 1. The van der Waals surface area contributed by atoms with Gasteiger partial charge in [0.25, 0.3) is 11.8 Å². The third-order valence-electron chi connectivity index (χ3n) is 4.53. The molecule has 0 unspecified atom stereocenters. The van der Waals surface area contributed by atoms with E-state index in [-0.39, 0.29) is 23.6 Å². The number of benzene rings is 1. The number of likely N-dealkylation sites (tertiary alicyclic amines) is 1. The third kappa shape index (κ3) is 4.11. The molecule has 26 heavy (non-hydrogen) atoms. The second-order valence-electron chi connectivity index (χ2n) is 6.19. The van der Waals surface area contributed by atoms with Gasteiger partial charge >= 0.3 is 0 Å². The van der Waals surface area contributed by atoms with Crippen LogP contribution in [0.1, 0.15) is 32.9 Å². The Hall–Kier alpha value is -2.67. The highest BCUT2D eigenvalue weighted by Gasteiger charge is 2.28. The van der Waals surface area contributed by atoms with E-state index in [1.165, 1.54) is 11.3 Å². The summed E-state index contributed by atoms with van der Waals surface area (Å²) in [6.45, 7) is 1.18. The minimum atomic E-state index is -0.161. The van der Waals surface area contributed by atoms with Crippen molar-refractivity contribution in [2.45, 2.75) is 12.8 Å². The number of hydrogen-bond donors (Lipinski definition) is 2.